The molecule has 4 aromatic rings. The van der Waals surface area contributed by atoms with Crippen LogP contribution in [-0.4, -0.2) is 15.1 Å². The minimum Gasteiger partial charge on any atom is -0.508 e. The Hall–Kier alpha value is -2.38. The van der Waals surface area contributed by atoms with Crippen LogP contribution < -0.4 is 5.63 Å². The van der Waals surface area contributed by atoms with Crippen LogP contribution in [0, 0.1) is 6.92 Å². The van der Waals surface area contributed by atoms with Gasteiger partial charge in [-0.2, -0.15) is 0 Å². The first-order valence-corrected chi connectivity index (χ1v) is 9.06. The smallest absolute Gasteiger partial charge is 0.336 e. The maximum absolute atomic E-state index is 11.9. The van der Waals surface area contributed by atoms with Crippen LogP contribution in [0.15, 0.2) is 50.2 Å². The lowest BCUT2D eigenvalue weighted by Crippen LogP contribution is -2.01. The Bertz CT molecular complexity index is 1120. The lowest BCUT2D eigenvalue weighted by Gasteiger charge is -2.08. The summed E-state index contributed by atoms with van der Waals surface area (Å²) < 4.78 is 5.28. The Morgan fingerprint density at radius 2 is 2.12 bits per heavy atom. The number of phenols is 1. The number of rotatable bonds is 3. The molecule has 120 valence electrons. The van der Waals surface area contributed by atoms with Crippen LogP contribution >= 0.6 is 23.1 Å². The van der Waals surface area contributed by atoms with Gasteiger partial charge in [0, 0.05) is 28.2 Å². The summed E-state index contributed by atoms with van der Waals surface area (Å²) in [4.78, 5) is 21.4. The molecule has 7 heteroatoms. The van der Waals surface area contributed by atoms with E-state index in [4.69, 9.17) is 4.42 Å². The van der Waals surface area contributed by atoms with Crippen molar-refractivity contribution in [3.8, 4) is 5.75 Å². The zero-order valence-electron chi connectivity index (χ0n) is 12.6. The molecule has 5 nitrogen and oxygen atoms in total. The van der Waals surface area contributed by atoms with E-state index >= 15 is 0 Å². The number of aromatic nitrogens is 2. The van der Waals surface area contributed by atoms with Gasteiger partial charge < -0.3 is 9.52 Å². The van der Waals surface area contributed by atoms with Gasteiger partial charge in [0.1, 0.15) is 27.5 Å². The van der Waals surface area contributed by atoms with Crippen LogP contribution in [0.4, 0.5) is 0 Å². The Labute approximate surface area is 145 Å². The molecule has 1 N–H and O–H groups in total. The third kappa shape index (κ3) is 2.55. The van der Waals surface area contributed by atoms with Crippen LogP contribution in [0.3, 0.4) is 0 Å². The van der Waals surface area contributed by atoms with Gasteiger partial charge >= 0.3 is 5.63 Å². The van der Waals surface area contributed by atoms with Crippen molar-refractivity contribution in [1.29, 1.82) is 0 Å². The summed E-state index contributed by atoms with van der Waals surface area (Å²) in [6, 6.07) is 6.89. The van der Waals surface area contributed by atoms with E-state index in [2.05, 4.69) is 9.97 Å². The van der Waals surface area contributed by atoms with E-state index in [0.29, 0.717) is 16.9 Å². The summed E-state index contributed by atoms with van der Waals surface area (Å²) in [7, 11) is 0. The minimum atomic E-state index is -0.421. The van der Waals surface area contributed by atoms with E-state index in [0.717, 1.165) is 26.2 Å². The lowest BCUT2D eigenvalue weighted by atomic mass is 10.1. The van der Waals surface area contributed by atoms with E-state index < -0.39 is 5.63 Å². The molecule has 0 spiro atoms. The van der Waals surface area contributed by atoms with Crippen LogP contribution in [-0.2, 0) is 5.75 Å². The summed E-state index contributed by atoms with van der Waals surface area (Å²) in [6.07, 6.45) is 1.56. The number of thiophene rings is 1. The summed E-state index contributed by atoms with van der Waals surface area (Å²) >= 11 is 3.13. The predicted octanol–water partition coefficient (Wildman–Crippen LogP) is 4.10. The largest absolute Gasteiger partial charge is 0.508 e. The molecule has 3 heterocycles. The maximum atomic E-state index is 11.9. The monoisotopic (exact) mass is 356 g/mol. The van der Waals surface area contributed by atoms with Crippen molar-refractivity contribution in [2.24, 2.45) is 0 Å². The SMILES string of the molecule is Cc1c(O)ccc2c(CSc3ncnc4sccc34)cc(=O)oc12. The molecule has 0 saturated heterocycles. The summed E-state index contributed by atoms with van der Waals surface area (Å²) in [5.74, 6) is 0.695. The van der Waals surface area contributed by atoms with Crippen molar-refractivity contribution in [2.75, 3.05) is 0 Å². The molecular formula is C17H12N2O3S2. The van der Waals surface area contributed by atoms with Crippen LogP contribution in [0.5, 0.6) is 5.75 Å². The van der Waals surface area contributed by atoms with E-state index in [9.17, 15) is 9.90 Å². The predicted molar refractivity (Wildman–Crippen MR) is 95.9 cm³/mol. The zero-order valence-corrected chi connectivity index (χ0v) is 14.3. The van der Waals surface area contributed by atoms with Crippen molar-refractivity contribution < 1.29 is 9.52 Å². The van der Waals surface area contributed by atoms with E-state index in [1.807, 2.05) is 11.4 Å². The van der Waals surface area contributed by atoms with Gasteiger partial charge in [0.2, 0.25) is 0 Å². The number of phenolic OH excluding ortho intramolecular Hbond substituents is 1. The van der Waals surface area contributed by atoms with Crippen molar-refractivity contribution >= 4 is 44.3 Å². The molecule has 0 saturated carbocycles. The zero-order chi connectivity index (χ0) is 16.7. The Morgan fingerprint density at radius 3 is 3.00 bits per heavy atom. The molecule has 0 amide bonds. The molecule has 1 aromatic carbocycles. The molecule has 3 aromatic heterocycles. The molecule has 0 aliphatic rings. The minimum absolute atomic E-state index is 0.117. The number of hydrogen-bond donors (Lipinski definition) is 1. The van der Waals surface area contributed by atoms with E-state index in [1.54, 1.807) is 48.5 Å². The highest BCUT2D eigenvalue weighted by molar-refractivity contribution is 7.98. The third-order valence-electron chi connectivity index (χ3n) is 3.81. The number of aromatic hydroxyl groups is 1. The van der Waals surface area contributed by atoms with Crippen LogP contribution in [0.1, 0.15) is 11.1 Å². The molecule has 0 unspecified atom stereocenters. The van der Waals surface area contributed by atoms with Gasteiger partial charge in [0.15, 0.2) is 0 Å². The number of thioether (sulfide) groups is 1. The molecule has 0 aliphatic carbocycles. The van der Waals surface area contributed by atoms with E-state index in [1.165, 1.54) is 6.07 Å². The molecule has 0 aliphatic heterocycles. The summed E-state index contributed by atoms with van der Waals surface area (Å²) in [6.45, 7) is 1.73. The number of hydrogen-bond acceptors (Lipinski definition) is 7. The summed E-state index contributed by atoms with van der Waals surface area (Å²) in [5, 5.41) is 14.5. The number of nitrogens with zero attached hydrogens (tertiary/aromatic N) is 2. The Balaban J connectivity index is 1.76. The maximum Gasteiger partial charge on any atom is 0.336 e. The molecule has 4 rings (SSSR count). The van der Waals surface area contributed by atoms with Crippen molar-refractivity contribution in [2.45, 2.75) is 17.7 Å². The third-order valence-corrected chi connectivity index (χ3v) is 5.68. The highest BCUT2D eigenvalue weighted by Gasteiger charge is 2.12. The molecule has 0 fully saturated rings. The van der Waals surface area contributed by atoms with Gasteiger partial charge in [0.25, 0.3) is 0 Å². The van der Waals surface area contributed by atoms with Gasteiger partial charge in [-0.15, -0.1) is 23.1 Å². The van der Waals surface area contributed by atoms with Gasteiger partial charge in [0.05, 0.1) is 0 Å². The molecular weight excluding hydrogens is 344 g/mol. The number of aryl methyl sites for hydroxylation is 1. The second kappa shape index (κ2) is 5.92. The average molecular weight is 356 g/mol. The first-order chi connectivity index (χ1) is 11.6. The van der Waals surface area contributed by atoms with Gasteiger partial charge in [-0.3, -0.25) is 0 Å². The Kier molecular flexibility index (Phi) is 3.74. The van der Waals surface area contributed by atoms with Gasteiger partial charge in [-0.25, -0.2) is 14.8 Å². The quantitative estimate of drug-likeness (QED) is 0.338. The van der Waals surface area contributed by atoms with Gasteiger partial charge in [-0.05, 0) is 36.1 Å². The van der Waals surface area contributed by atoms with Crippen LogP contribution in [0.2, 0.25) is 0 Å². The fourth-order valence-electron chi connectivity index (χ4n) is 2.56. The highest BCUT2D eigenvalue weighted by atomic mass is 32.2. The standard InChI is InChI=1S/C17H12N2O3S2/c1-9-13(20)3-2-11-10(6-14(21)22-15(9)11)7-24-17-12-4-5-23-16(12)18-8-19-17/h2-6,8,20H,7H2,1H3. The Morgan fingerprint density at radius 1 is 1.25 bits per heavy atom. The first kappa shape index (κ1) is 15.2. The topological polar surface area (TPSA) is 76.2 Å². The number of benzene rings is 1. The van der Waals surface area contributed by atoms with Crippen molar-refractivity contribution in [3.05, 3.63) is 57.5 Å². The fourth-order valence-corrected chi connectivity index (χ4v) is 4.33. The average Bonchev–Trinajstić information content (AvgIpc) is 3.05. The second-order valence-corrected chi connectivity index (χ2v) is 7.14. The molecule has 24 heavy (non-hydrogen) atoms. The summed E-state index contributed by atoms with van der Waals surface area (Å²) in [5.41, 5.74) is 1.44. The molecule has 0 bridgehead atoms. The van der Waals surface area contributed by atoms with Crippen LogP contribution in [0.25, 0.3) is 21.2 Å². The lowest BCUT2D eigenvalue weighted by molar-refractivity contribution is 0.468. The van der Waals surface area contributed by atoms with E-state index in [-0.39, 0.29) is 5.75 Å². The number of fused-ring (bicyclic) bond motifs is 2. The molecule has 0 radical (unpaired) electrons. The van der Waals surface area contributed by atoms with Crippen molar-refractivity contribution in [1.82, 2.24) is 9.97 Å². The fraction of sp³-hybridized carbons (Fsp3) is 0.118. The molecule has 0 atom stereocenters. The van der Waals surface area contributed by atoms with Crippen molar-refractivity contribution in [3.63, 3.8) is 0 Å². The first-order valence-electron chi connectivity index (χ1n) is 7.20. The second-order valence-electron chi connectivity index (χ2n) is 5.28. The highest BCUT2D eigenvalue weighted by Crippen LogP contribution is 2.33. The van der Waals surface area contributed by atoms with Gasteiger partial charge in [-0.1, -0.05) is 0 Å². The normalized spacial score (nSPS) is 11.4.